The monoisotopic (exact) mass is 347 g/mol. The molecule has 1 unspecified atom stereocenters. The van der Waals surface area contributed by atoms with Gasteiger partial charge in [-0.2, -0.15) is 0 Å². The third kappa shape index (κ3) is 4.86. The number of rotatable bonds is 9. The topological polar surface area (TPSA) is 53.7 Å². The molecule has 0 saturated heterocycles. The van der Waals surface area contributed by atoms with E-state index in [4.69, 9.17) is 19.9 Å². The molecule has 1 atom stereocenters. The van der Waals surface area contributed by atoms with E-state index in [-0.39, 0.29) is 17.5 Å². The zero-order valence-corrected chi connectivity index (χ0v) is 15.0. The average Bonchev–Trinajstić information content (AvgIpc) is 2.62. The van der Waals surface area contributed by atoms with Crippen molar-refractivity contribution in [3.8, 4) is 17.2 Å². The van der Waals surface area contributed by atoms with Crippen LogP contribution in [-0.4, -0.2) is 26.9 Å². The van der Waals surface area contributed by atoms with Crippen molar-refractivity contribution in [2.45, 2.75) is 26.2 Å². The zero-order valence-electron chi connectivity index (χ0n) is 15.0. The van der Waals surface area contributed by atoms with Crippen LogP contribution in [0.3, 0.4) is 0 Å². The van der Waals surface area contributed by atoms with Crippen LogP contribution in [0.4, 0.5) is 4.39 Å². The predicted molar refractivity (Wildman–Crippen MR) is 97.2 cm³/mol. The number of hydrogen-bond acceptors (Lipinski definition) is 4. The molecule has 0 aromatic heterocycles. The second kappa shape index (κ2) is 9.28. The smallest absolute Gasteiger partial charge is 0.165 e. The third-order valence-electron chi connectivity index (χ3n) is 4.02. The minimum Gasteiger partial charge on any atom is -0.493 e. The highest BCUT2D eigenvalue weighted by atomic mass is 19.1. The molecular weight excluding hydrogens is 321 g/mol. The summed E-state index contributed by atoms with van der Waals surface area (Å²) in [5.41, 5.74) is 7.86. The number of halogens is 1. The molecule has 25 heavy (non-hydrogen) atoms. The van der Waals surface area contributed by atoms with Gasteiger partial charge >= 0.3 is 0 Å². The summed E-state index contributed by atoms with van der Waals surface area (Å²) in [7, 11) is 1.61. The first kappa shape index (κ1) is 19.1. The summed E-state index contributed by atoms with van der Waals surface area (Å²) in [6.07, 6.45) is 0.687. The van der Waals surface area contributed by atoms with Crippen molar-refractivity contribution in [1.29, 1.82) is 0 Å². The quantitative estimate of drug-likeness (QED) is 0.747. The molecule has 2 N–H and O–H groups in total. The highest BCUT2D eigenvalue weighted by Crippen LogP contribution is 2.31. The minimum atomic E-state index is -0.359. The number of ether oxygens (including phenoxy) is 3. The minimum absolute atomic E-state index is 0.00725. The van der Waals surface area contributed by atoms with E-state index in [2.05, 4.69) is 0 Å². The van der Waals surface area contributed by atoms with Crippen LogP contribution in [0.1, 0.15) is 30.9 Å². The first-order valence-electron chi connectivity index (χ1n) is 8.54. The van der Waals surface area contributed by atoms with Crippen molar-refractivity contribution in [3.05, 3.63) is 53.3 Å². The molecule has 0 heterocycles. The van der Waals surface area contributed by atoms with E-state index in [1.807, 2.05) is 38.1 Å². The molecule has 2 aromatic carbocycles. The van der Waals surface area contributed by atoms with Crippen molar-refractivity contribution in [3.63, 3.8) is 0 Å². The maximum atomic E-state index is 14.1. The second-order valence-electron chi connectivity index (χ2n) is 5.68. The van der Waals surface area contributed by atoms with E-state index < -0.39 is 0 Å². The second-order valence-corrected chi connectivity index (χ2v) is 5.68. The number of nitrogens with two attached hydrogens (primary N) is 1. The molecule has 2 aromatic rings. The maximum Gasteiger partial charge on any atom is 0.165 e. The highest BCUT2D eigenvalue weighted by Gasteiger charge is 2.15. The lowest BCUT2D eigenvalue weighted by Crippen LogP contribution is -2.15. The Labute approximate surface area is 148 Å². The summed E-state index contributed by atoms with van der Waals surface area (Å²) in [6.45, 7) is 5.19. The van der Waals surface area contributed by atoms with E-state index in [0.717, 1.165) is 11.1 Å². The molecule has 0 aliphatic heterocycles. The summed E-state index contributed by atoms with van der Waals surface area (Å²) in [5, 5.41) is 0. The van der Waals surface area contributed by atoms with Crippen molar-refractivity contribution in [2.24, 2.45) is 5.73 Å². The van der Waals surface area contributed by atoms with Crippen molar-refractivity contribution in [1.82, 2.24) is 0 Å². The normalized spacial score (nSPS) is 11.9. The van der Waals surface area contributed by atoms with Gasteiger partial charge in [-0.1, -0.05) is 12.1 Å². The van der Waals surface area contributed by atoms with Crippen LogP contribution in [0.15, 0.2) is 36.4 Å². The van der Waals surface area contributed by atoms with Crippen LogP contribution in [-0.2, 0) is 6.42 Å². The van der Waals surface area contributed by atoms with Crippen LogP contribution in [0.25, 0.3) is 0 Å². The molecule has 0 saturated carbocycles. The Bertz CT molecular complexity index is 691. The van der Waals surface area contributed by atoms with Crippen molar-refractivity contribution < 1.29 is 18.6 Å². The molecule has 136 valence electrons. The number of benzene rings is 2. The molecule has 0 bridgehead atoms. The van der Waals surface area contributed by atoms with Crippen LogP contribution in [0.5, 0.6) is 17.2 Å². The molecule has 0 amide bonds. The summed E-state index contributed by atoms with van der Waals surface area (Å²) in [4.78, 5) is 0. The van der Waals surface area contributed by atoms with Gasteiger partial charge in [0.15, 0.2) is 23.1 Å². The lowest BCUT2D eigenvalue weighted by Gasteiger charge is -2.18. The Kier molecular flexibility index (Phi) is 7.07. The Hall–Kier alpha value is -2.27. The SMILES string of the molecule is CCOc1ccc(C(CN)Cc2ccc(OCC)c(OC)c2)cc1F. The third-order valence-corrected chi connectivity index (χ3v) is 4.02. The van der Waals surface area contributed by atoms with Crippen molar-refractivity contribution in [2.75, 3.05) is 26.9 Å². The summed E-state index contributed by atoms with van der Waals surface area (Å²) in [5.74, 6) is 1.32. The summed E-state index contributed by atoms with van der Waals surface area (Å²) < 4.78 is 30.3. The van der Waals surface area contributed by atoms with Gasteiger partial charge in [0, 0.05) is 5.92 Å². The van der Waals surface area contributed by atoms with E-state index in [9.17, 15) is 4.39 Å². The van der Waals surface area contributed by atoms with Gasteiger partial charge in [0.25, 0.3) is 0 Å². The average molecular weight is 347 g/mol. The fraction of sp³-hybridized carbons (Fsp3) is 0.400. The molecular formula is C20H26FNO3. The largest absolute Gasteiger partial charge is 0.493 e. The van der Waals surface area contributed by atoms with E-state index in [1.165, 1.54) is 6.07 Å². The first-order valence-corrected chi connectivity index (χ1v) is 8.54. The lowest BCUT2D eigenvalue weighted by atomic mass is 9.91. The van der Waals surface area contributed by atoms with Crippen LogP contribution in [0.2, 0.25) is 0 Å². The lowest BCUT2D eigenvalue weighted by molar-refractivity contribution is 0.310. The van der Waals surface area contributed by atoms with Gasteiger partial charge in [0.05, 0.1) is 20.3 Å². The first-order chi connectivity index (χ1) is 12.1. The fourth-order valence-corrected chi connectivity index (χ4v) is 2.78. The van der Waals surface area contributed by atoms with Crippen LogP contribution in [0, 0.1) is 5.82 Å². The standard InChI is InChI=1S/C20H26FNO3/c1-4-24-18-9-7-15(12-17(18)21)16(13-22)10-14-6-8-19(25-5-2)20(11-14)23-3/h6-9,11-12,16H,4-5,10,13,22H2,1-3H3. The van der Waals surface area contributed by atoms with Crippen LogP contribution < -0.4 is 19.9 Å². The highest BCUT2D eigenvalue weighted by molar-refractivity contribution is 5.43. The Balaban J connectivity index is 2.20. The van der Waals surface area contributed by atoms with Gasteiger partial charge in [0.2, 0.25) is 0 Å². The molecule has 0 aliphatic rings. The Morgan fingerprint density at radius 3 is 2.24 bits per heavy atom. The zero-order chi connectivity index (χ0) is 18.2. The van der Waals surface area contributed by atoms with Gasteiger partial charge in [-0.25, -0.2) is 4.39 Å². The molecule has 2 rings (SSSR count). The van der Waals surface area contributed by atoms with Crippen molar-refractivity contribution >= 4 is 0 Å². The van der Waals surface area contributed by atoms with Gasteiger partial charge < -0.3 is 19.9 Å². The molecule has 5 heteroatoms. The number of hydrogen-bond donors (Lipinski definition) is 1. The van der Waals surface area contributed by atoms with Gasteiger partial charge in [0.1, 0.15) is 0 Å². The molecule has 0 spiro atoms. The Morgan fingerprint density at radius 1 is 0.960 bits per heavy atom. The maximum absolute atomic E-state index is 14.1. The van der Waals surface area contributed by atoms with Gasteiger partial charge in [-0.3, -0.25) is 0 Å². The number of methoxy groups -OCH3 is 1. The molecule has 0 fully saturated rings. The van der Waals surface area contributed by atoms with E-state index in [1.54, 1.807) is 13.2 Å². The fourth-order valence-electron chi connectivity index (χ4n) is 2.78. The summed E-state index contributed by atoms with van der Waals surface area (Å²) >= 11 is 0. The Morgan fingerprint density at radius 2 is 1.64 bits per heavy atom. The van der Waals surface area contributed by atoms with E-state index >= 15 is 0 Å². The molecule has 4 nitrogen and oxygen atoms in total. The van der Waals surface area contributed by atoms with Gasteiger partial charge in [-0.15, -0.1) is 0 Å². The van der Waals surface area contributed by atoms with Gasteiger partial charge in [-0.05, 0) is 62.2 Å². The molecule has 0 radical (unpaired) electrons. The summed E-state index contributed by atoms with van der Waals surface area (Å²) in [6, 6.07) is 10.9. The predicted octanol–water partition coefficient (Wildman–Crippen LogP) is 3.92. The van der Waals surface area contributed by atoms with E-state index in [0.29, 0.717) is 37.7 Å². The molecule has 0 aliphatic carbocycles. The van der Waals surface area contributed by atoms with Crippen LogP contribution >= 0.6 is 0 Å².